The van der Waals surface area contributed by atoms with Crippen molar-refractivity contribution in [3.05, 3.63) is 42.1 Å². The van der Waals surface area contributed by atoms with Gasteiger partial charge in [-0.1, -0.05) is 12.1 Å². The van der Waals surface area contributed by atoms with Gasteiger partial charge in [-0.2, -0.15) is 0 Å². The first kappa shape index (κ1) is 13.0. The Labute approximate surface area is 108 Å². The summed E-state index contributed by atoms with van der Waals surface area (Å²) in [6.45, 7) is 5.13. The molecule has 0 aliphatic carbocycles. The molecule has 0 unspecified atom stereocenters. The predicted octanol–water partition coefficient (Wildman–Crippen LogP) is 2.44. The van der Waals surface area contributed by atoms with E-state index in [9.17, 15) is 5.11 Å². The van der Waals surface area contributed by atoms with Crippen molar-refractivity contribution in [2.75, 3.05) is 13.6 Å². The third-order valence-corrected chi connectivity index (χ3v) is 2.78. The SMILES string of the molecule is CN(Cc1ccc2ncccc2c1)CC(C)(C)O. The molecule has 1 N–H and O–H groups in total. The van der Waals surface area contributed by atoms with Crippen LogP contribution >= 0.6 is 0 Å². The predicted molar refractivity (Wildman–Crippen MR) is 74.4 cm³/mol. The van der Waals surface area contributed by atoms with Crippen molar-refractivity contribution in [1.82, 2.24) is 9.88 Å². The summed E-state index contributed by atoms with van der Waals surface area (Å²) in [6.07, 6.45) is 1.81. The highest BCUT2D eigenvalue weighted by atomic mass is 16.3. The first-order valence-corrected chi connectivity index (χ1v) is 6.19. The van der Waals surface area contributed by atoms with Crippen LogP contribution in [0.3, 0.4) is 0 Å². The van der Waals surface area contributed by atoms with Gasteiger partial charge in [0, 0.05) is 24.7 Å². The number of benzene rings is 1. The molecular formula is C15H20N2O. The smallest absolute Gasteiger partial charge is 0.0718 e. The topological polar surface area (TPSA) is 36.4 Å². The summed E-state index contributed by atoms with van der Waals surface area (Å²) in [5, 5.41) is 10.9. The van der Waals surface area contributed by atoms with Crippen LogP contribution in [0.25, 0.3) is 10.9 Å². The number of likely N-dealkylation sites (N-methyl/N-ethyl adjacent to an activating group) is 1. The monoisotopic (exact) mass is 244 g/mol. The van der Waals surface area contributed by atoms with E-state index in [4.69, 9.17) is 0 Å². The molecule has 1 heterocycles. The van der Waals surface area contributed by atoms with Crippen molar-refractivity contribution in [2.24, 2.45) is 0 Å². The molecule has 0 atom stereocenters. The van der Waals surface area contributed by atoms with Crippen molar-refractivity contribution in [3.63, 3.8) is 0 Å². The summed E-state index contributed by atoms with van der Waals surface area (Å²) in [4.78, 5) is 6.43. The molecule has 0 fully saturated rings. The third kappa shape index (κ3) is 3.52. The summed E-state index contributed by atoms with van der Waals surface area (Å²) < 4.78 is 0. The molecule has 0 radical (unpaired) electrons. The second kappa shape index (κ2) is 5.04. The molecular weight excluding hydrogens is 224 g/mol. The largest absolute Gasteiger partial charge is 0.389 e. The average molecular weight is 244 g/mol. The molecule has 18 heavy (non-hydrogen) atoms. The lowest BCUT2D eigenvalue weighted by atomic mass is 10.1. The summed E-state index contributed by atoms with van der Waals surface area (Å²) >= 11 is 0. The van der Waals surface area contributed by atoms with E-state index in [-0.39, 0.29) is 0 Å². The summed E-state index contributed by atoms with van der Waals surface area (Å²) in [5.41, 5.74) is 1.60. The van der Waals surface area contributed by atoms with Gasteiger partial charge in [0.2, 0.25) is 0 Å². The minimum absolute atomic E-state index is 0.651. The number of nitrogens with zero attached hydrogens (tertiary/aromatic N) is 2. The maximum atomic E-state index is 9.79. The molecule has 0 amide bonds. The van der Waals surface area contributed by atoms with Gasteiger partial charge in [0.05, 0.1) is 11.1 Å². The molecule has 3 heteroatoms. The average Bonchev–Trinajstić information content (AvgIpc) is 2.26. The van der Waals surface area contributed by atoms with Crippen molar-refractivity contribution < 1.29 is 5.11 Å². The Balaban J connectivity index is 2.12. The van der Waals surface area contributed by atoms with Crippen LogP contribution in [-0.2, 0) is 6.54 Å². The van der Waals surface area contributed by atoms with E-state index in [1.807, 2.05) is 39.2 Å². The second-order valence-corrected chi connectivity index (χ2v) is 5.52. The lowest BCUT2D eigenvalue weighted by Gasteiger charge is -2.25. The van der Waals surface area contributed by atoms with E-state index in [1.165, 1.54) is 5.56 Å². The van der Waals surface area contributed by atoms with E-state index in [0.29, 0.717) is 6.54 Å². The summed E-state index contributed by atoms with van der Waals surface area (Å²) in [5.74, 6) is 0. The maximum Gasteiger partial charge on any atom is 0.0718 e. The molecule has 1 aromatic heterocycles. The first-order chi connectivity index (χ1) is 8.44. The van der Waals surface area contributed by atoms with Gasteiger partial charge in [-0.25, -0.2) is 0 Å². The van der Waals surface area contributed by atoms with Crippen molar-refractivity contribution in [1.29, 1.82) is 0 Å². The lowest BCUT2D eigenvalue weighted by molar-refractivity contribution is 0.0425. The third-order valence-electron chi connectivity index (χ3n) is 2.78. The number of rotatable bonds is 4. The van der Waals surface area contributed by atoms with Gasteiger partial charge in [0.1, 0.15) is 0 Å². The fourth-order valence-electron chi connectivity index (χ4n) is 2.25. The van der Waals surface area contributed by atoms with Crippen LogP contribution < -0.4 is 0 Å². The zero-order valence-corrected chi connectivity index (χ0v) is 11.2. The van der Waals surface area contributed by atoms with Gasteiger partial charge < -0.3 is 5.11 Å². The van der Waals surface area contributed by atoms with Gasteiger partial charge in [0.25, 0.3) is 0 Å². The van der Waals surface area contributed by atoms with E-state index in [1.54, 1.807) is 0 Å². The van der Waals surface area contributed by atoms with Crippen molar-refractivity contribution in [3.8, 4) is 0 Å². The van der Waals surface area contributed by atoms with Crippen LogP contribution in [0.5, 0.6) is 0 Å². The number of aromatic nitrogens is 1. The fourth-order valence-corrected chi connectivity index (χ4v) is 2.25. The number of hydrogen-bond donors (Lipinski definition) is 1. The fraction of sp³-hybridized carbons (Fsp3) is 0.400. The molecule has 0 spiro atoms. The molecule has 2 aromatic rings. The molecule has 1 aromatic carbocycles. The Morgan fingerprint density at radius 3 is 2.78 bits per heavy atom. The Morgan fingerprint density at radius 1 is 1.28 bits per heavy atom. The second-order valence-electron chi connectivity index (χ2n) is 5.52. The number of aliphatic hydroxyl groups is 1. The highest BCUT2D eigenvalue weighted by Gasteiger charge is 2.15. The Bertz CT molecular complexity index is 531. The lowest BCUT2D eigenvalue weighted by Crippen LogP contribution is -2.35. The van der Waals surface area contributed by atoms with Gasteiger partial charge >= 0.3 is 0 Å². The zero-order valence-electron chi connectivity index (χ0n) is 11.2. The number of hydrogen-bond acceptors (Lipinski definition) is 3. The molecule has 0 aliphatic rings. The van der Waals surface area contributed by atoms with Crippen LogP contribution in [0, 0.1) is 0 Å². The Morgan fingerprint density at radius 2 is 2.06 bits per heavy atom. The van der Waals surface area contributed by atoms with E-state index >= 15 is 0 Å². The molecule has 3 nitrogen and oxygen atoms in total. The number of fused-ring (bicyclic) bond motifs is 1. The van der Waals surface area contributed by atoms with Crippen LogP contribution in [-0.4, -0.2) is 34.2 Å². The van der Waals surface area contributed by atoms with Gasteiger partial charge in [-0.3, -0.25) is 9.88 Å². The quantitative estimate of drug-likeness (QED) is 0.897. The first-order valence-electron chi connectivity index (χ1n) is 6.19. The molecule has 96 valence electrons. The van der Waals surface area contributed by atoms with Crippen LogP contribution in [0.4, 0.5) is 0 Å². The van der Waals surface area contributed by atoms with Crippen LogP contribution in [0.2, 0.25) is 0 Å². The van der Waals surface area contributed by atoms with E-state index in [2.05, 4.69) is 28.1 Å². The normalized spacial score (nSPS) is 12.3. The minimum Gasteiger partial charge on any atom is -0.389 e. The number of pyridine rings is 1. The highest BCUT2D eigenvalue weighted by molar-refractivity contribution is 5.78. The maximum absolute atomic E-state index is 9.79. The zero-order chi connectivity index (χ0) is 13.2. The van der Waals surface area contributed by atoms with Gasteiger partial charge in [0.15, 0.2) is 0 Å². The van der Waals surface area contributed by atoms with Crippen molar-refractivity contribution >= 4 is 10.9 Å². The highest BCUT2D eigenvalue weighted by Crippen LogP contribution is 2.15. The van der Waals surface area contributed by atoms with Crippen LogP contribution in [0.1, 0.15) is 19.4 Å². The van der Waals surface area contributed by atoms with E-state index < -0.39 is 5.60 Å². The minimum atomic E-state index is -0.660. The summed E-state index contributed by atoms with van der Waals surface area (Å²) in [7, 11) is 2.02. The molecule has 0 aliphatic heterocycles. The van der Waals surface area contributed by atoms with Crippen LogP contribution in [0.15, 0.2) is 36.5 Å². The molecule has 0 saturated heterocycles. The molecule has 2 rings (SSSR count). The van der Waals surface area contributed by atoms with Gasteiger partial charge in [-0.05, 0) is 44.7 Å². The Hall–Kier alpha value is -1.45. The standard InChI is InChI=1S/C15H20N2O/c1-15(2,18)11-17(3)10-12-6-7-14-13(9-12)5-4-8-16-14/h4-9,18H,10-11H2,1-3H3. The van der Waals surface area contributed by atoms with Gasteiger partial charge in [-0.15, -0.1) is 0 Å². The molecule has 0 saturated carbocycles. The Kier molecular flexibility index (Phi) is 3.64. The molecule has 0 bridgehead atoms. The van der Waals surface area contributed by atoms with Crippen molar-refractivity contribution in [2.45, 2.75) is 26.0 Å². The van der Waals surface area contributed by atoms with E-state index in [0.717, 1.165) is 17.4 Å². The summed E-state index contributed by atoms with van der Waals surface area (Å²) in [6, 6.07) is 10.3.